The Labute approximate surface area is 178 Å². The molecule has 160 valence electrons. The zero-order chi connectivity index (χ0) is 21.1. The van der Waals surface area contributed by atoms with Crippen molar-refractivity contribution in [3.8, 4) is 11.4 Å². The maximum atomic E-state index is 11.6. The van der Waals surface area contributed by atoms with Crippen LogP contribution in [-0.2, 0) is 15.4 Å². The van der Waals surface area contributed by atoms with E-state index in [1.165, 1.54) is 25.5 Å². The van der Waals surface area contributed by atoms with Gasteiger partial charge in [0.05, 0.1) is 5.75 Å². The molecule has 0 spiro atoms. The number of benzene rings is 1. The first-order valence-corrected chi connectivity index (χ1v) is 12.9. The van der Waals surface area contributed by atoms with E-state index >= 15 is 0 Å². The summed E-state index contributed by atoms with van der Waals surface area (Å²) in [6.45, 7) is 6.64. The summed E-state index contributed by atoms with van der Waals surface area (Å²) in [7, 11) is -1.71. The summed E-state index contributed by atoms with van der Waals surface area (Å²) in [6, 6.07) is 9.07. The summed E-state index contributed by atoms with van der Waals surface area (Å²) >= 11 is 1.61. The number of nitrogens with one attached hydrogen (secondary N) is 1. The second-order valence-electron chi connectivity index (χ2n) is 8.67. The van der Waals surface area contributed by atoms with Gasteiger partial charge in [0, 0.05) is 17.4 Å². The molecular weight excluding hydrogens is 404 g/mol. The Hall–Kier alpha value is -1.38. The minimum Gasteiger partial charge on any atom is -0.299 e. The van der Waals surface area contributed by atoms with Crippen LogP contribution in [-0.4, -0.2) is 41.7 Å². The molecule has 1 aromatic carbocycles. The van der Waals surface area contributed by atoms with Crippen LogP contribution in [0.5, 0.6) is 0 Å². The Morgan fingerprint density at radius 2 is 1.79 bits per heavy atom. The highest BCUT2D eigenvalue weighted by Crippen LogP contribution is 2.37. The number of aromatic nitrogens is 3. The molecule has 0 amide bonds. The molecule has 2 aromatic rings. The van der Waals surface area contributed by atoms with Crippen molar-refractivity contribution in [1.29, 1.82) is 0 Å². The fraction of sp³-hybridized carbons (Fsp3) is 0.619. The van der Waals surface area contributed by atoms with Crippen LogP contribution in [0.4, 0.5) is 0 Å². The second kappa shape index (κ2) is 9.18. The number of thioether (sulfide) groups is 1. The first-order chi connectivity index (χ1) is 13.7. The van der Waals surface area contributed by atoms with E-state index in [1.54, 1.807) is 11.8 Å². The molecule has 0 aliphatic heterocycles. The largest absolute Gasteiger partial charge is 0.299 e. The molecule has 0 radical (unpaired) electrons. The van der Waals surface area contributed by atoms with Gasteiger partial charge in [0.2, 0.25) is 10.0 Å². The summed E-state index contributed by atoms with van der Waals surface area (Å²) in [5.74, 6) is 1.76. The molecule has 0 atom stereocenters. The Bertz CT molecular complexity index is 909. The summed E-state index contributed by atoms with van der Waals surface area (Å²) in [5, 5.41) is 9.90. The van der Waals surface area contributed by atoms with Gasteiger partial charge in [-0.25, -0.2) is 13.1 Å². The molecule has 0 unspecified atom stereocenters. The smallest absolute Gasteiger partial charge is 0.211 e. The van der Waals surface area contributed by atoms with Crippen LogP contribution in [0.15, 0.2) is 29.4 Å². The minimum absolute atomic E-state index is 0.117. The van der Waals surface area contributed by atoms with Crippen LogP contribution in [0.3, 0.4) is 0 Å². The third-order valence-electron chi connectivity index (χ3n) is 5.46. The molecule has 1 N–H and O–H groups in total. The van der Waals surface area contributed by atoms with Gasteiger partial charge in [0.25, 0.3) is 0 Å². The van der Waals surface area contributed by atoms with Crippen LogP contribution in [0.25, 0.3) is 11.4 Å². The van der Waals surface area contributed by atoms with Gasteiger partial charge in [-0.3, -0.25) is 4.57 Å². The van der Waals surface area contributed by atoms with E-state index in [-0.39, 0.29) is 11.2 Å². The highest BCUT2D eigenvalue weighted by molar-refractivity contribution is 7.99. The fourth-order valence-electron chi connectivity index (χ4n) is 3.70. The topological polar surface area (TPSA) is 76.9 Å². The number of rotatable bonds is 8. The lowest BCUT2D eigenvalue weighted by molar-refractivity contribution is 0.485. The van der Waals surface area contributed by atoms with Crippen LogP contribution >= 0.6 is 11.8 Å². The van der Waals surface area contributed by atoms with Gasteiger partial charge in [-0.1, -0.05) is 69.6 Å². The average molecular weight is 437 g/mol. The molecule has 3 rings (SSSR count). The monoisotopic (exact) mass is 436 g/mol. The maximum absolute atomic E-state index is 11.6. The quantitative estimate of drug-likeness (QED) is 0.491. The summed E-state index contributed by atoms with van der Waals surface area (Å²) in [5.41, 5.74) is 2.50. The van der Waals surface area contributed by atoms with Crippen molar-refractivity contribution < 1.29 is 8.42 Å². The van der Waals surface area contributed by atoms with Crippen molar-refractivity contribution in [2.45, 2.75) is 69.5 Å². The van der Waals surface area contributed by atoms with Gasteiger partial charge in [0.1, 0.15) is 0 Å². The fourth-order valence-corrected chi connectivity index (χ4v) is 5.55. The predicted octanol–water partition coefficient (Wildman–Crippen LogP) is 4.39. The summed E-state index contributed by atoms with van der Waals surface area (Å²) in [4.78, 5) is 0. The Balaban J connectivity index is 1.81. The van der Waals surface area contributed by atoms with E-state index in [4.69, 9.17) is 0 Å². The van der Waals surface area contributed by atoms with Crippen molar-refractivity contribution in [3.63, 3.8) is 0 Å². The van der Waals surface area contributed by atoms with Crippen LogP contribution in [0.1, 0.15) is 64.5 Å². The van der Waals surface area contributed by atoms with Crippen molar-refractivity contribution >= 4 is 21.8 Å². The van der Waals surface area contributed by atoms with E-state index in [2.05, 4.69) is 64.5 Å². The minimum atomic E-state index is -3.16. The standard InChI is InChI=1S/C21H32N4O2S2/c1-21(2,3)17-12-10-16(11-13-17)19-23-24-20(25(19)18-8-5-6-9-18)28-14-7-15-29(26,27)22-4/h10-13,18,22H,5-9,14-15H2,1-4H3. The number of nitrogens with zero attached hydrogens (tertiary/aromatic N) is 3. The Morgan fingerprint density at radius 1 is 1.14 bits per heavy atom. The lowest BCUT2D eigenvalue weighted by Crippen LogP contribution is -2.22. The predicted molar refractivity (Wildman–Crippen MR) is 120 cm³/mol. The Kier molecular flexibility index (Phi) is 7.06. The molecule has 0 bridgehead atoms. The molecule has 0 saturated heterocycles. The van der Waals surface area contributed by atoms with Crippen molar-refractivity contribution in [2.75, 3.05) is 18.6 Å². The molecule has 1 aliphatic rings. The van der Waals surface area contributed by atoms with Gasteiger partial charge in [-0.2, -0.15) is 0 Å². The Morgan fingerprint density at radius 3 is 2.38 bits per heavy atom. The third-order valence-corrected chi connectivity index (χ3v) is 7.94. The summed E-state index contributed by atoms with van der Waals surface area (Å²) in [6.07, 6.45) is 5.34. The molecule has 1 heterocycles. The molecule has 29 heavy (non-hydrogen) atoms. The van der Waals surface area contributed by atoms with E-state index in [1.807, 2.05) is 0 Å². The zero-order valence-electron chi connectivity index (χ0n) is 17.8. The lowest BCUT2D eigenvalue weighted by atomic mass is 9.86. The van der Waals surface area contributed by atoms with Gasteiger partial charge >= 0.3 is 0 Å². The molecule has 8 heteroatoms. The molecule has 1 fully saturated rings. The average Bonchev–Trinajstić information content (AvgIpc) is 3.34. The lowest BCUT2D eigenvalue weighted by Gasteiger charge is -2.20. The molecule has 1 aliphatic carbocycles. The first-order valence-electron chi connectivity index (χ1n) is 10.3. The highest BCUT2D eigenvalue weighted by Gasteiger charge is 2.25. The molecular formula is C21H32N4O2S2. The van der Waals surface area contributed by atoms with Crippen molar-refractivity contribution in [2.24, 2.45) is 0 Å². The van der Waals surface area contributed by atoms with Crippen LogP contribution < -0.4 is 4.72 Å². The van der Waals surface area contributed by atoms with Gasteiger partial charge in [-0.15, -0.1) is 10.2 Å². The van der Waals surface area contributed by atoms with E-state index in [9.17, 15) is 8.42 Å². The maximum Gasteiger partial charge on any atom is 0.211 e. The van der Waals surface area contributed by atoms with E-state index in [0.717, 1.165) is 29.4 Å². The first kappa shape index (κ1) is 22.3. The van der Waals surface area contributed by atoms with Crippen molar-refractivity contribution in [1.82, 2.24) is 19.5 Å². The normalized spacial score (nSPS) is 15.9. The summed E-state index contributed by atoms with van der Waals surface area (Å²) < 4.78 is 27.9. The third kappa shape index (κ3) is 5.61. The number of hydrogen-bond acceptors (Lipinski definition) is 5. The van der Waals surface area contributed by atoms with Crippen molar-refractivity contribution in [3.05, 3.63) is 29.8 Å². The molecule has 1 saturated carbocycles. The molecule has 6 nitrogen and oxygen atoms in total. The molecule has 1 aromatic heterocycles. The van der Waals surface area contributed by atoms with Gasteiger partial charge < -0.3 is 0 Å². The van der Waals surface area contributed by atoms with E-state index in [0.29, 0.717) is 18.2 Å². The van der Waals surface area contributed by atoms with Gasteiger partial charge in [0.15, 0.2) is 11.0 Å². The van der Waals surface area contributed by atoms with Crippen LogP contribution in [0.2, 0.25) is 0 Å². The second-order valence-corrected chi connectivity index (χ2v) is 11.8. The SMILES string of the molecule is CNS(=O)(=O)CCCSc1nnc(-c2ccc(C(C)(C)C)cc2)n1C1CCCC1. The van der Waals surface area contributed by atoms with Gasteiger partial charge in [-0.05, 0) is 37.3 Å². The van der Waals surface area contributed by atoms with E-state index < -0.39 is 10.0 Å². The number of hydrogen-bond donors (Lipinski definition) is 1. The zero-order valence-corrected chi connectivity index (χ0v) is 19.4. The van der Waals surface area contributed by atoms with Crippen LogP contribution in [0, 0.1) is 0 Å². The highest BCUT2D eigenvalue weighted by atomic mass is 32.2. The number of sulfonamides is 1.